The fraction of sp³-hybridized carbons (Fsp3) is 0.583. The van der Waals surface area contributed by atoms with Crippen LogP contribution in [0.15, 0.2) is 22.8 Å². The van der Waals surface area contributed by atoms with Crippen molar-refractivity contribution in [2.75, 3.05) is 20.1 Å². The summed E-state index contributed by atoms with van der Waals surface area (Å²) in [4.78, 5) is 10.9. The Kier molecular flexibility index (Phi) is 14.7. The van der Waals surface area contributed by atoms with Crippen LogP contribution in [0.3, 0.4) is 0 Å². The molecule has 0 radical (unpaired) electrons. The second-order valence-corrected chi connectivity index (χ2v) is 2.54. The van der Waals surface area contributed by atoms with Gasteiger partial charge in [0.2, 0.25) is 0 Å². The Labute approximate surface area is 98.4 Å². The molecule has 1 amide bonds. The van der Waals surface area contributed by atoms with Crippen molar-refractivity contribution in [2.45, 2.75) is 27.7 Å². The molecule has 16 heavy (non-hydrogen) atoms. The van der Waals surface area contributed by atoms with Crippen molar-refractivity contribution in [3.8, 4) is 0 Å². The van der Waals surface area contributed by atoms with Crippen LogP contribution in [0.2, 0.25) is 0 Å². The highest BCUT2D eigenvalue weighted by Gasteiger charge is 2.04. The van der Waals surface area contributed by atoms with Gasteiger partial charge in [-0.15, -0.1) is 0 Å². The molecule has 4 heteroatoms. The number of hydrogen-bond donors (Lipinski definition) is 2. The van der Waals surface area contributed by atoms with E-state index in [0.29, 0.717) is 12.3 Å². The lowest BCUT2D eigenvalue weighted by molar-refractivity contribution is 0.0928. The number of carbonyl (C=O) groups is 1. The lowest BCUT2D eigenvalue weighted by Gasteiger charge is -1.95. The highest BCUT2D eigenvalue weighted by atomic mass is 16.3. The first-order valence-electron chi connectivity index (χ1n) is 5.72. The van der Waals surface area contributed by atoms with Crippen molar-refractivity contribution in [3.63, 3.8) is 0 Å². The van der Waals surface area contributed by atoms with Crippen molar-refractivity contribution in [1.82, 2.24) is 10.6 Å². The van der Waals surface area contributed by atoms with Crippen molar-refractivity contribution in [1.29, 1.82) is 0 Å². The Bertz CT molecular complexity index is 231. The molecular formula is C12H24N2O2. The molecule has 1 aromatic rings. The quantitative estimate of drug-likeness (QED) is 0.834. The Morgan fingerprint density at radius 2 is 1.88 bits per heavy atom. The third kappa shape index (κ3) is 9.27. The molecule has 0 aliphatic carbocycles. The van der Waals surface area contributed by atoms with E-state index >= 15 is 0 Å². The molecule has 0 bridgehead atoms. The third-order valence-corrected chi connectivity index (χ3v) is 1.44. The Morgan fingerprint density at radius 3 is 2.19 bits per heavy atom. The van der Waals surface area contributed by atoms with Crippen LogP contribution in [0.5, 0.6) is 0 Å². The van der Waals surface area contributed by atoms with Gasteiger partial charge in [0.1, 0.15) is 0 Å². The molecule has 0 saturated carbocycles. The van der Waals surface area contributed by atoms with Crippen molar-refractivity contribution >= 4 is 5.91 Å². The average molecular weight is 228 g/mol. The summed E-state index contributed by atoms with van der Waals surface area (Å²) in [7, 11) is 1.93. The van der Waals surface area contributed by atoms with Crippen molar-refractivity contribution < 1.29 is 9.21 Å². The van der Waals surface area contributed by atoms with E-state index in [-0.39, 0.29) is 5.91 Å². The van der Waals surface area contributed by atoms with E-state index in [0.717, 1.165) is 6.54 Å². The van der Waals surface area contributed by atoms with Gasteiger partial charge in [-0.05, 0) is 32.6 Å². The van der Waals surface area contributed by atoms with Gasteiger partial charge in [-0.25, -0.2) is 0 Å². The van der Waals surface area contributed by atoms with Gasteiger partial charge in [-0.2, -0.15) is 0 Å². The minimum Gasteiger partial charge on any atom is -0.459 e. The first-order chi connectivity index (χ1) is 7.76. The van der Waals surface area contributed by atoms with Crippen LogP contribution in [0.4, 0.5) is 0 Å². The molecule has 1 rings (SSSR count). The Morgan fingerprint density at radius 1 is 1.31 bits per heavy atom. The lowest BCUT2D eigenvalue weighted by Crippen LogP contribution is -2.21. The molecule has 94 valence electrons. The summed E-state index contributed by atoms with van der Waals surface area (Å²) in [5.74, 6) is 0.203. The summed E-state index contributed by atoms with van der Waals surface area (Å²) >= 11 is 0. The zero-order valence-electron chi connectivity index (χ0n) is 11.0. The first kappa shape index (κ1) is 17.1. The van der Waals surface area contributed by atoms with Crippen LogP contribution in [0.25, 0.3) is 0 Å². The maximum atomic E-state index is 10.9. The molecule has 1 heterocycles. The van der Waals surface area contributed by atoms with Gasteiger partial charge >= 0.3 is 0 Å². The standard InChI is InChI=1S/C7H9NO2.C3H9N.C2H6/c1-2-8-7(9)6-4-3-5-10-6;1-3-4-2;1-2/h3-5H,2H2,1H3,(H,8,9);4H,3H2,1-2H3;1-2H3. The van der Waals surface area contributed by atoms with Gasteiger partial charge in [0.15, 0.2) is 5.76 Å². The number of rotatable bonds is 3. The Hall–Kier alpha value is -1.29. The highest BCUT2D eigenvalue weighted by molar-refractivity contribution is 5.91. The van der Waals surface area contributed by atoms with Crippen LogP contribution >= 0.6 is 0 Å². The maximum Gasteiger partial charge on any atom is 0.286 e. The van der Waals surface area contributed by atoms with Crippen LogP contribution in [-0.2, 0) is 0 Å². The topological polar surface area (TPSA) is 54.3 Å². The van der Waals surface area contributed by atoms with Crippen molar-refractivity contribution in [2.24, 2.45) is 0 Å². The highest BCUT2D eigenvalue weighted by Crippen LogP contribution is 1.98. The maximum absolute atomic E-state index is 10.9. The monoisotopic (exact) mass is 228 g/mol. The van der Waals surface area contributed by atoms with Crippen LogP contribution < -0.4 is 10.6 Å². The van der Waals surface area contributed by atoms with Crippen LogP contribution in [0, 0.1) is 0 Å². The molecule has 0 saturated heterocycles. The minimum atomic E-state index is -0.160. The lowest BCUT2D eigenvalue weighted by atomic mass is 10.4. The summed E-state index contributed by atoms with van der Waals surface area (Å²) < 4.78 is 4.84. The molecule has 0 aliphatic rings. The molecular weight excluding hydrogens is 204 g/mol. The molecule has 0 atom stereocenters. The third-order valence-electron chi connectivity index (χ3n) is 1.44. The molecule has 1 aromatic heterocycles. The number of carbonyl (C=O) groups excluding carboxylic acids is 1. The predicted octanol–water partition coefficient (Wildman–Crippen LogP) is 2.28. The SMILES string of the molecule is CC.CCNC.CCNC(=O)c1ccco1. The molecule has 0 unspecified atom stereocenters. The second-order valence-electron chi connectivity index (χ2n) is 2.54. The molecule has 0 fully saturated rings. The van der Waals surface area contributed by atoms with E-state index in [4.69, 9.17) is 4.42 Å². The summed E-state index contributed by atoms with van der Waals surface area (Å²) in [6.07, 6.45) is 1.48. The predicted molar refractivity (Wildman–Crippen MR) is 67.7 cm³/mol. The zero-order valence-corrected chi connectivity index (χ0v) is 11.0. The van der Waals surface area contributed by atoms with Gasteiger partial charge in [0, 0.05) is 6.54 Å². The number of amides is 1. The fourth-order valence-corrected chi connectivity index (χ4v) is 0.655. The van der Waals surface area contributed by atoms with Gasteiger partial charge in [0.25, 0.3) is 5.91 Å². The normalized spacial score (nSPS) is 8.06. The van der Waals surface area contributed by atoms with Gasteiger partial charge in [-0.3, -0.25) is 4.79 Å². The van der Waals surface area contributed by atoms with Gasteiger partial charge in [-0.1, -0.05) is 20.8 Å². The molecule has 0 aromatic carbocycles. The fourth-order valence-electron chi connectivity index (χ4n) is 0.655. The van der Waals surface area contributed by atoms with E-state index < -0.39 is 0 Å². The minimum absolute atomic E-state index is 0.160. The second kappa shape index (κ2) is 13.7. The number of nitrogens with one attached hydrogen (secondary N) is 2. The first-order valence-corrected chi connectivity index (χ1v) is 5.72. The molecule has 0 spiro atoms. The van der Waals surface area contributed by atoms with E-state index in [2.05, 4.69) is 17.6 Å². The van der Waals surface area contributed by atoms with Crippen LogP contribution in [-0.4, -0.2) is 26.0 Å². The summed E-state index contributed by atoms with van der Waals surface area (Å²) in [6.45, 7) is 9.63. The Balaban J connectivity index is 0. The van der Waals surface area contributed by atoms with E-state index in [9.17, 15) is 4.79 Å². The molecule has 4 nitrogen and oxygen atoms in total. The zero-order chi connectivity index (χ0) is 12.8. The number of hydrogen-bond acceptors (Lipinski definition) is 3. The van der Waals surface area contributed by atoms with Gasteiger partial charge < -0.3 is 15.1 Å². The summed E-state index contributed by atoms with van der Waals surface area (Å²) in [6, 6.07) is 3.32. The molecule has 0 aliphatic heterocycles. The van der Waals surface area contributed by atoms with Crippen LogP contribution in [0.1, 0.15) is 38.2 Å². The molecule has 2 N–H and O–H groups in total. The smallest absolute Gasteiger partial charge is 0.286 e. The van der Waals surface area contributed by atoms with E-state index in [1.54, 1.807) is 12.1 Å². The van der Waals surface area contributed by atoms with Crippen molar-refractivity contribution in [3.05, 3.63) is 24.2 Å². The largest absolute Gasteiger partial charge is 0.459 e. The summed E-state index contributed by atoms with van der Waals surface area (Å²) in [5.41, 5.74) is 0. The number of furan rings is 1. The van der Waals surface area contributed by atoms with Gasteiger partial charge in [0.05, 0.1) is 6.26 Å². The summed E-state index contributed by atoms with van der Waals surface area (Å²) in [5, 5.41) is 5.55. The van der Waals surface area contributed by atoms with E-state index in [1.165, 1.54) is 6.26 Å². The average Bonchev–Trinajstić information content (AvgIpc) is 2.86. The van der Waals surface area contributed by atoms with E-state index in [1.807, 2.05) is 27.8 Å².